The molecule has 0 saturated carbocycles. The summed E-state index contributed by atoms with van der Waals surface area (Å²) in [6.45, 7) is 1.76. The van der Waals surface area contributed by atoms with E-state index in [1.807, 2.05) is 0 Å². The molecule has 0 spiro atoms. The highest BCUT2D eigenvalue weighted by atomic mass is 19.1. The van der Waals surface area contributed by atoms with Crippen molar-refractivity contribution >= 4 is 17.6 Å². The van der Waals surface area contributed by atoms with Crippen molar-refractivity contribution < 1.29 is 23.8 Å². The van der Waals surface area contributed by atoms with Crippen molar-refractivity contribution in [3.63, 3.8) is 0 Å². The van der Waals surface area contributed by atoms with Gasteiger partial charge in [-0.15, -0.1) is 0 Å². The molecule has 1 aliphatic heterocycles. The van der Waals surface area contributed by atoms with Gasteiger partial charge >= 0.3 is 5.97 Å². The minimum absolute atomic E-state index is 0.152. The highest BCUT2D eigenvalue weighted by molar-refractivity contribution is 5.99. The Bertz CT molecular complexity index is 500. The van der Waals surface area contributed by atoms with Crippen molar-refractivity contribution in [2.75, 3.05) is 5.32 Å². The van der Waals surface area contributed by atoms with Crippen LogP contribution in [-0.4, -0.2) is 23.1 Å². The van der Waals surface area contributed by atoms with Crippen molar-refractivity contribution in [1.82, 2.24) is 0 Å². The molecule has 90 valence electrons. The Labute approximate surface area is 96.2 Å². The van der Waals surface area contributed by atoms with Gasteiger partial charge in [0, 0.05) is 6.07 Å². The summed E-state index contributed by atoms with van der Waals surface area (Å²) < 4.78 is 18.6. The molecule has 1 unspecified atom stereocenters. The Kier molecular flexibility index (Phi) is 2.71. The van der Waals surface area contributed by atoms with Crippen LogP contribution in [-0.2, 0) is 4.79 Å². The SMILES string of the molecule is CCC1Oc2cc(F)c(C(=O)O)cc2NC1=O. The van der Waals surface area contributed by atoms with Crippen LogP contribution in [0.15, 0.2) is 12.1 Å². The van der Waals surface area contributed by atoms with Crippen molar-refractivity contribution in [2.24, 2.45) is 0 Å². The van der Waals surface area contributed by atoms with E-state index in [2.05, 4.69) is 5.32 Å². The first kappa shape index (κ1) is 11.4. The first-order valence-electron chi connectivity index (χ1n) is 5.07. The lowest BCUT2D eigenvalue weighted by atomic mass is 10.1. The number of anilines is 1. The minimum atomic E-state index is -1.39. The summed E-state index contributed by atoms with van der Waals surface area (Å²) in [5, 5.41) is 11.2. The Hall–Kier alpha value is -2.11. The third kappa shape index (κ3) is 1.93. The molecule has 0 saturated heterocycles. The maximum atomic E-state index is 13.4. The highest BCUT2D eigenvalue weighted by Crippen LogP contribution is 2.32. The molecule has 1 heterocycles. The van der Waals surface area contributed by atoms with Gasteiger partial charge < -0.3 is 15.2 Å². The lowest BCUT2D eigenvalue weighted by Gasteiger charge is -2.25. The van der Waals surface area contributed by atoms with Gasteiger partial charge in [-0.05, 0) is 12.5 Å². The molecule has 1 aromatic carbocycles. The number of carbonyl (C=O) groups excluding carboxylic acids is 1. The topological polar surface area (TPSA) is 75.6 Å². The molecule has 1 atom stereocenters. The monoisotopic (exact) mass is 239 g/mol. The fourth-order valence-electron chi connectivity index (χ4n) is 1.60. The van der Waals surface area contributed by atoms with Gasteiger partial charge in [0.25, 0.3) is 5.91 Å². The smallest absolute Gasteiger partial charge is 0.338 e. The van der Waals surface area contributed by atoms with E-state index >= 15 is 0 Å². The van der Waals surface area contributed by atoms with E-state index in [9.17, 15) is 14.0 Å². The molecular formula is C11H10FNO4. The number of fused-ring (bicyclic) bond motifs is 1. The zero-order valence-electron chi connectivity index (χ0n) is 8.99. The molecule has 6 heteroatoms. The average molecular weight is 239 g/mol. The Morgan fingerprint density at radius 2 is 2.29 bits per heavy atom. The van der Waals surface area contributed by atoms with E-state index in [0.29, 0.717) is 6.42 Å². The first-order valence-corrected chi connectivity index (χ1v) is 5.07. The molecular weight excluding hydrogens is 229 g/mol. The molecule has 0 bridgehead atoms. The summed E-state index contributed by atoms with van der Waals surface area (Å²) >= 11 is 0. The van der Waals surface area contributed by atoms with Crippen molar-refractivity contribution in [3.05, 3.63) is 23.5 Å². The molecule has 5 nitrogen and oxygen atoms in total. The second-order valence-electron chi connectivity index (χ2n) is 3.64. The second-order valence-corrected chi connectivity index (χ2v) is 3.64. The van der Waals surface area contributed by atoms with E-state index in [4.69, 9.17) is 9.84 Å². The van der Waals surface area contributed by atoms with E-state index < -0.39 is 23.5 Å². The van der Waals surface area contributed by atoms with Crippen molar-refractivity contribution in [2.45, 2.75) is 19.4 Å². The van der Waals surface area contributed by atoms with Crippen LogP contribution in [0.25, 0.3) is 0 Å². The molecule has 1 aliphatic rings. The number of carboxylic acids is 1. The first-order chi connectivity index (χ1) is 8.02. The highest BCUT2D eigenvalue weighted by Gasteiger charge is 2.28. The maximum absolute atomic E-state index is 13.4. The number of carbonyl (C=O) groups is 2. The van der Waals surface area contributed by atoms with Crippen LogP contribution in [0.3, 0.4) is 0 Å². The lowest BCUT2D eigenvalue weighted by molar-refractivity contribution is -0.123. The van der Waals surface area contributed by atoms with Gasteiger partial charge in [0.2, 0.25) is 0 Å². The summed E-state index contributed by atoms with van der Waals surface area (Å²) in [5.74, 6) is -2.48. The van der Waals surface area contributed by atoms with Crippen LogP contribution in [0.4, 0.5) is 10.1 Å². The van der Waals surface area contributed by atoms with Gasteiger partial charge in [0.1, 0.15) is 11.6 Å². The van der Waals surface area contributed by atoms with Crippen LogP contribution in [0.1, 0.15) is 23.7 Å². The number of amides is 1. The van der Waals surface area contributed by atoms with Gasteiger partial charge in [-0.25, -0.2) is 9.18 Å². The number of hydrogen-bond donors (Lipinski definition) is 2. The summed E-state index contributed by atoms with van der Waals surface area (Å²) in [5.41, 5.74) is -0.318. The average Bonchev–Trinajstić information content (AvgIpc) is 2.27. The fourth-order valence-corrected chi connectivity index (χ4v) is 1.60. The van der Waals surface area contributed by atoms with Gasteiger partial charge in [-0.1, -0.05) is 6.92 Å². The predicted octanol–water partition coefficient (Wildman–Crippen LogP) is 1.63. The molecule has 17 heavy (non-hydrogen) atoms. The van der Waals surface area contributed by atoms with Crippen molar-refractivity contribution in [3.8, 4) is 5.75 Å². The number of rotatable bonds is 2. The van der Waals surface area contributed by atoms with E-state index in [-0.39, 0.29) is 17.3 Å². The molecule has 1 aromatic rings. The quantitative estimate of drug-likeness (QED) is 0.822. The van der Waals surface area contributed by atoms with Crippen LogP contribution >= 0.6 is 0 Å². The summed E-state index contributed by atoms with van der Waals surface area (Å²) in [6, 6.07) is 2.03. The molecule has 2 rings (SSSR count). The van der Waals surface area contributed by atoms with Crippen LogP contribution in [0.2, 0.25) is 0 Å². The molecule has 2 N–H and O–H groups in total. The zero-order valence-corrected chi connectivity index (χ0v) is 8.99. The largest absolute Gasteiger partial charge is 0.478 e. The summed E-state index contributed by atoms with van der Waals surface area (Å²) in [4.78, 5) is 22.2. The number of halogens is 1. The van der Waals surface area contributed by atoms with Crippen molar-refractivity contribution in [1.29, 1.82) is 0 Å². The third-order valence-electron chi connectivity index (χ3n) is 2.49. The van der Waals surface area contributed by atoms with Gasteiger partial charge in [-0.3, -0.25) is 4.79 Å². The molecule has 0 aromatic heterocycles. The summed E-state index contributed by atoms with van der Waals surface area (Å²) in [7, 11) is 0. The molecule has 0 fully saturated rings. The third-order valence-corrected chi connectivity index (χ3v) is 2.49. The molecule has 0 radical (unpaired) electrons. The predicted molar refractivity (Wildman–Crippen MR) is 56.7 cm³/mol. The number of hydrogen-bond acceptors (Lipinski definition) is 3. The Morgan fingerprint density at radius 1 is 1.59 bits per heavy atom. The second kappa shape index (κ2) is 4.04. The number of carboxylic acid groups (broad SMARTS) is 1. The van der Waals surface area contributed by atoms with Crippen LogP contribution in [0.5, 0.6) is 5.75 Å². The van der Waals surface area contributed by atoms with Gasteiger partial charge in [0.15, 0.2) is 6.10 Å². The minimum Gasteiger partial charge on any atom is -0.478 e. The van der Waals surface area contributed by atoms with Crippen LogP contribution < -0.4 is 10.1 Å². The van der Waals surface area contributed by atoms with Gasteiger partial charge in [0.05, 0.1) is 11.3 Å². The summed E-state index contributed by atoms with van der Waals surface area (Å²) in [6.07, 6.45) is -0.217. The van der Waals surface area contributed by atoms with E-state index in [0.717, 1.165) is 12.1 Å². The lowest BCUT2D eigenvalue weighted by Crippen LogP contribution is -2.36. The maximum Gasteiger partial charge on any atom is 0.338 e. The number of aromatic carboxylic acids is 1. The molecule has 1 amide bonds. The number of benzene rings is 1. The number of ether oxygens (including phenoxy) is 1. The zero-order chi connectivity index (χ0) is 12.6. The van der Waals surface area contributed by atoms with E-state index in [1.54, 1.807) is 6.92 Å². The van der Waals surface area contributed by atoms with E-state index in [1.165, 1.54) is 0 Å². The standard InChI is InChI=1S/C11H10FNO4/c1-2-8-10(14)13-7-3-5(11(15)16)6(12)4-9(7)17-8/h3-4,8H,2H2,1H3,(H,13,14)(H,15,16). The Morgan fingerprint density at radius 3 is 2.88 bits per heavy atom. The number of nitrogens with one attached hydrogen (secondary N) is 1. The fraction of sp³-hybridized carbons (Fsp3) is 0.273. The Balaban J connectivity index is 2.45. The molecule has 0 aliphatic carbocycles. The van der Waals surface area contributed by atoms with Crippen LogP contribution in [0, 0.1) is 5.82 Å². The normalized spacial score (nSPS) is 18.0. The van der Waals surface area contributed by atoms with Gasteiger partial charge in [-0.2, -0.15) is 0 Å².